The number of nitrogens with zero attached hydrogens (tertiary/aromatic N) is 4. The topological polar surface area (TPSA) is 88.7 Å². The summed E-state index contributed by atoms with van der Waals surface area (Å²) in [6.07, 6.45) is 10.5. The molecule has 4 rings (SSSR count). The Labute approximate surface area is 172 Å². The molecule has 7 nitrogen and oxygen atoms in total. The summed E-state index contributed by atoms with van der Waals surface area (Å²) in [4.78, 5) is 34.8. The van der Waals surface area contributed by atoms with Crippen LogP contribution in [0.5, 0.6) is 0 Å². The number of nitro groups is 1. The molecule has 148 valence electrons. The Bertz CT molecular complexity index is 967. The van der Waals surface area contributed by atoms with Crippen LogP contribution in [0, 0.1) is 10.1 Å². The fourth-order valence-electron chi connectivity index (χ4n) is 3.60. The van der Waals surface area contributed by atoms with Gasteiger partial charge < -0.3 is 0 Å². The van der Waals surface area contributed by atoms with E-state index < -0.39 is 4.92 Å². The summed E-state index contributed by atoms with van der Waals surface area (Å²) in [7, 11) is 0. The van der Waals surface area contributed by atoms with E-state index in [1.165, 1.54) is 30.3 Å². The normalized spacial score (nSPS) is 20.6. The standard InChI is InChI=1S/C21H20N4O3S/c26-20-19(13-15-8-10-18(11-9-15)25(27)28)29-21(23-16-5-4-12-22-14-16)24(20)17-6-2-1-3-7-17/h4-5,8-14,17H,1-3,6-7H2/b19-13-,23-21?. The first-order valence-corrected chi connectivity index (χ1v) is 10.4. The number of thioether (sulfide) groups is 1. The van der Waals surface area contributed by atoms with Gasteiger partial charge in [-0.15, -0.1) is 0 Å². The minimum atomic E-state index is -0.435. The first kappa shape index (κ1) is 19.3. The Balaban J connectivity index is 1.66. The number of nitro benzene ring substituents is 1. The Morgan fingerprint density at radius 1 is 1.17 bits per heavy atom. The number of hydrogen-bond acceptors (Lipinski definition) is 6. The number of aromatic nitrogens is 1. The van der Waals surface area contributed by atoms with Crippen LogP contribution in [0.2, 0.25) is 0 Å². The van der Waals surface area contributed by atoms with Gasteiger partial charge in [-0.1, -0.05) is 19.3 Å². The summed E-state index contributed by atoms with van der Waals surface area (Å²) in [6.45, 7) is 0. The van der Waals surface area contributed by atoms with Gasteiger partial charge in [-0.3, -0.25) is 24.8 Å². The highest BCUT2D eigenvalue weighted by atomic mass is 32.2. The number of non-ortho nitro benzene ring substituents is 1. The van der Waals surface area contributed by atoms with E-state index in [-0.39, 0.29) is 17.6 Å². The number of pyridine rings is 1. The monoisotopic (exact) mass is 408 g/mol. The van der Waals surface area contributed by atoms with Gasteiger partial charge in [0.2, 0.25) is 0 Å². The van der Waals surface area contributed by atoms with Gasteiger partial charge in [0.1, 0.15) is 0 Å². The molecule has 1 aromatic heterocycles. The first-order valence-electron chi connectivity index (χ1n) is 9.58. The molecule has 1 saturated carbocycles. The summed E-state index contributed by atoms with van der Waals surface area (Å²) >= 11 is 1.35. The van der Waals surface area contributed by atoms with Crippen LogP contribution < -0.4 is 0 Å². The van der Waals surface area contributed by atoms with E-state index in [1.807, 2.05) is 17.0 Å². The molecular formula is C21H20N4O3S. The van der Waals surface area contributed by atoms with Gasteiger partial charge in [0.25, 0.3) is 11.6 Å². The number of benzene rings is 1. The smallest absolute Gasteiger partial charge is 0.269 e. The Kier molecular flexibility index (Phi) is 5.71. The number of hydrogen-bond donors (Lipinski definition) is 0. The maximum atomic E-state index is 13.2. The number of carbonyl (C=O) groups is 1. The largest absolute Gasteiger partial charge is 0.283 e. The Hall–Kier alpha value is -3.00. The molecular weight excluding hydrogens is 388 g/mol. The van der Waals surface area contributed by atoms with Crippen molar-refractivity contribution in [1.82, 2.24) is 9.88 Å². The van der Waals surface area contributed by atoms with Crippen LogP contribution in [0.4, 0.5) is 11.4 Å². The fraction of sp³-hybridized carbons (Fsp3) is 0.286. The third-order valence-corrected chi connectivity index (χ3v) is 6.03. The predicted molar refractivity (Wildman–Crippen MR) is 114 cm³/mol. The number of carbonyl (C=O) groups excluding carboxylic acids is 1. The second-order valence-electron chi connectivity index (χ2n) is 7.03. The molecule has 0 N–H and O–H groups in total. The molecule has 1 aliphatic heterocycles. The van der Waals surface area contributed by atoms with Crippen molar-refractivity contribution in [2.75, 3.05) is 0 Å². The molecule has 2 fully saturated rings. The molecule has 1 aliphatic carbocycles. The summed E-state index contributed by atoms with van der Waals surface area (Å²) in [5.74, 6) is -0.0529. The van der Waals surface area contributed by atoms with Gasteiger partial charge >= 0.3 is 0 Å². The van der Waals surface area contributed by atoms with E-state index in [9.17, 15) is 14.9 Å². The average Bonchev–Trinajstić information content (AvgIpc) is 3.04. The van der Waals surface area contributed by atoms with Crippen molar-refractivity contribution in [3.63, 3.8) is 0 Å². The quantitative estimate of drug-likeness (QED) is 0.407. The molecule has 8 heteroatoms. The summed E-state index contributed by atoms with van der Waals surface area (Å²) < 4.78 is 0. The second-order valence-corrected chi connectivity index (χ2v) is 8.04. The van der Waals surface area contributed by atoms with Crippen molar-refractivity contribution in [2.45, 2.75) is 38.1 Å². The number of amides is 1. The second kappa shape index (κ2) is 8.57. The zero-order valence-electron chi connectivity index (χ0n) is 15.7. The third-order valence-electron chi connectivity index (χ3n) is 5.05. The van der Waals surface area contributed by atoms with Gasteiger partial charge in [0.05, 0.1) is 21.7 Å². The van der Waals surface area contributed by atoms with Crippen molar-refractivity contribution in [3.8, 4) is 0 Å². The van der Waals surface area contributed by atoms with Crippen molar-refractivity contribution < 1.29 is 9.72 Å². The molecule has 2 aromatic rings. The average molecular weight is 408 g/mol. The summed E-state index contributed by atoms with van der Waals surface area (Å²) in [5.41, 5.74) is 1.48. The molecule has 0 unspecified atom stereocenters. The highest BCUT2D eigenvalue weighted by Crippen LogP contribution is 2.38. The molecule has 1 aromatic carbocycles. The maximum Gasteiger partial charge on any atom is 0.269 e. The molecule has 0 spiro atoms. The molecule has 2 aliphatic rings. The third kappa shape index (κ3) is 4.37. The minimum Gasteiger partial charge on any atom is -0.283 e. The zero-order valence-corrected chi connectivity index (χ0v) is 16.5. The van der Waals surface area contributed by atoms with Crippen molar-refractivity contribution in [3.05, 3.63) is 69.4 Å². The van der Waals surface area contributed by atoms with E-state index in [1.54, 1.807) is 30.6 Å². The molecule has 1 saturated heterocycles. The first-order chi connectivity index (χ1) is 14.1. The lowest BCUT2D eigenvalue weighted by molar-refractivity contribution is -0.384. The predicted octanol–water partition coefficient (Wildman–Crippen LogP) is 4.93. The van der Waals surface area contributed by atoms with E-state index in [0.29, 0.717) is 15.8 Å². The lowest BCUT2D eigenvalue weighted by atomic mass is 9.94. The minimum absolute atomic E-state index is 0.0280. The van der Waals surface area contributed by atoms with E-state index in [0.717, 1.165) is 31.2 Å². The van der Waals surface area contributed by atoms with Crippen molar-refractivity contribution in [1.29, 1.82) is 0 Å². The van der Waals surface area contributed by atoms with Crippen LogP contribution >= 0.6 is 11.8 Å². The van der Waals surface area contributed by atoms with Crippen LogP contribution in [0.15, 0.2) is 58.7 Å². The lowest BCUT2D eigenvalue weighted by Gasteiger charge is -2.30. The molecule has 0 bridgehead atoms. The van der Waals surface area contributed by atoms with Gasteiger partial charge in [-0.25, -0.2) is 4.99 Å². The molecule has 0 radical (unpaired) electrons. The van der Waals surface area contributed by atoms with Crippen molar-refractivity contribution >= 4 is 40.3 Å². The zero-order chi connectivity index (χ0) is 20.2. The molecule has 1 amide bonds. The maximum absolute atomic E-state index is 13.2. The molecule has 2 heterocycles. The lowest BCUT2D eigenvalue weighted by Crippen LogP contribution is -2.40. The van der Waals surface area contributed by atoms with Crippen LogP contribution in [0.25, 0.3) is 6.08 Å². The van der Waals surface area contributed by atoms with Gasteiger partial charge in [0.15, 0.2) is 5.17 Å². The van der Waals surface area contributed by atoms with Gasteiger partial charge in [-0.2, -0.15) is 0 Å². The van der Waals surface area contributed by atoms with E-state index >= 15 is 0 Å². The molecule has 29 heavy (non-hydrogen) atoms. The number of aliphatic imine (C=N–C) groups is 1. The van der Waals surface area contributed by atoms with Crippen LogP contribution in [0.1, 0.15) is 37.7 Å². The van der Waals surface area contributed by atoms with Gasteiger partial charge in [0, 0.05) is 24.4 Å². The van der Waals surface area contributed by atoms with E-state index in [4.69, 9.17) is 0 Å². The fourth-order valence-corrected chi connectivity index (χ4v) is 4.66. The Morgan fingerprint density at radius 3 is 2.59 bits per heavy atom. The van der Waals surface area contributed by atoms with Crippen molar-refractivity contribution in [2.24, 2.45) is 4.99 Å². The van der Waals surface area contributed by atoms with Crippen LogP contribution in [-0.4, -0.2) is 31.9 Å². The van der Waals surface area contributed by atoms with Gasteiger partial charge in [-0.05, 0) is 60.5 Å². The van der Waals surface area contributed by atoms with Crippen LogP contribution in [-0.2, 0) is 4.79 Å². The highest BCUT2D eigenvalue weighted by Gasteiger charge is 2.38. The molecule has 0 atom stereocenters. The van der Waals surface area contributed by atoms with E-state index in [2.05, 4.69) is 9.98 Å². The SMILES string of the molecule is O=C1/C(=C/c2ccc([N+](=O)[O-])cc2)SC(=Nc2cccnc2)N1C1CCCCC1. The summed E-state index contributed by atoms with van der Waals surface area (Å²) in [6, 6.07) is 10.0. The summed E-state index contributed by atoms with van der Waals surface area (Å²) in [5, 5.41) is 11.5. The number of amidine groups is 1. The number of rotatable bonds is 4. The van der Waals surface area contributed by atoms with Crippen LogP contribution in [0.3, 0.4) is 0 Å². The highest BCUT2D eigenvalue weighted by molar-refractivity contribution is 8.18. The Morgan fingerprint density at radius 2 is 1.93 bits per heavy atom.